The van der Waals surface area contributed by atoms with Crippen LogP contribution in [0.4, 0.5) is 10.5 Å². The molecule has 0 bridgehead atoms. The highest BCUT2D eigenvalue weighted by atomic mass is 32.2. The van der Waals surface area contributed by atoms with Gasteiger partial charge in [0.2, 0.25) is 0 Å². The molecule has 5 nitrogen and oxygen atoms in total. The second kappa shape index (κ2) is 15.2. The zero-order valence-electron chi connectivity index (χ0n) is 23.0. The van der Waals surface area contributed by atoms with Gasteiger partial charge in [0.1, 0.15) is 11.4 Å². The van der Waals surface area contributed by atoms with Gasteiger partial charge in [0, 0.05) is 10.6 Å². The summed E-state index contributed by atoms with van der Waals surface area (Å²) in [6.45, 7) is 7.00. The number of hydrogen-bond donors (Lipinski definition) is 1. The average molecular weight is 528 g/mol. The fourth-order valence-electron chi connectivity index (χ4n) is 5.07. The zero-order valence-corrected chi connectivity index (χ0v) is 23.8. The molecular weight excluding hydrogens is 482 g/mol. The summed E-state index contributed by atoms with van der Waals surface area (Å²) in [6.07, 6.45) is 11.9. The summed E-state index contributed by atoms with van der Waals surface area (Å²) in [4.78, 5) is 13.5. The third-order valence-corrected chi connectivity index (χ3v) is 8.60. The number of benzene rings is 2. The minimum Gasteiger partial charge on any atom is -0.493 e. The first-order valence-electron chi connectivity index (χ1n) is 14.2. The summed E-state index contributed by atoms with van der Waals surface area (Å²) in [5.41, 5.74) is 2.32. The van der Waals surface area contributed by atoms with Gasteiger partial charge in [0.15, 0.2) is 0 Å². The first-order chi connectivity index (χ1) is 18.0. The molecule has 1 heterocycles. The third-order valence-electron chi connectivity index (χ3n) is 7.14. The number of carbonyl (C=O) groups excluding carboxylic acids is 1. The molecule has 204 valence electrons. The normalized spacial score (nSPS) is 14.9. The number of carbonyl (C=O) groups is 1. The Balaban J connectivity index is 1.68. The SMILES string of the molecule is CCCCCCC1(CCCCCC)OC(=O)Nc2cccc(OCCCCS(=O)c3ccc(C)cc3)c21. The van der Waals surface area contributed by atoms with Crippen molar-refractivity contribution < 1.29 is 18.5 Å². The van der Waals surface area contributed by atoms with Gasteiger partial charge in [0.05, 0.1) is 28.7 Å². The van der Waals surface area contributed by atoms with Gasteiger partial charge in [0.25, 0.3) is 0 Å². The highest BCUT2D eigenvalue weighted by Gasteiger charge is 2.43. The van der Waals surface area contributed by atoms with E-state index in [9.17, 15) is 9.00 Å². The van der Waals surface area contributed by atoms with Crippen LogP contribution >= 0.6 is 0 Å². The molecule has 1 aliphatic rings. The largest absolute Gasteiger partial charge is 0.493 e. The van der Waals surface area contributed by atoms with Gasteiger partial charge in [-0.05, 0) is 69.7 Å². The van der Waals surface area contributed by atoms with Crippen LogP contribution in [0.5, 0.6) is 5.75 Å². The molecule has 0 aliphatic carbocycles. The van der Waals surface area contributed by atoms with E-state index in [1.54, 1.807) is 0 Å². The monoisotopic (exact) mass is 527 g/mol. The Morgan fingerprint density at radius 1 is 0.865 bits per heavy atom. The lowest BCUT2D eigenvalue weighted by Crippen LogP contribution is -2.40. The van der Waals surface area contributed by atoms with Crippen LogP contribution < -0.4 is 10.1 Å². The van der Waals surface area contributed by atoms with Crippen molar-refractivity contribution in [2.24, 2.45) is 0 Å². The van der Waals surface area contributed by atoms with Gasteiger partial charge < -0.3 is 9.47 Å². The third kappa shape index (κ3) is 8.59. The lowest BCUT2D eigenvalue weighted by molar-refractivity contribution is -0.00890. The van der Waals surface area contributed by atoms with E-state index >= 15 is 0 Å². The molecule has 0 spiro atoms. The van der Waals surface area contributed by atoms with Crippen molar-refractivity contribution in [1.82, 2.24) is 0 Å². The van der Waals surface area contributed by atoms with E-state index in [2.05, 4.69) is 19.2 Å². The maximum atomic E-state index is 12.6. The number of unbranched alkanes of at least 4 members (excludes halogenated alkanes) is 7. The number of nitrogens with one attached hydrogen (secondary N) is 1. The highest BCUT2D eigenvalue weighted by Crippen LogP contribution is 2.48. The molecule has 3 rings (SSSR count). The summed E-state index contributed by atoms with van der Waals surface area (Å²) in [7, 11) is -0.993. The summed E-state index contributed by atoms with van der Waals surface area (Å²) >= 11 is 0. The van der Waals surface area contributed by atoms with Crippen molar-refractivity contribution in [2.45, 2.75) is 108 Å². The molecular formula is C31H45NO4S. The van der Waals surface area contributed by atoms with Crippen molar-refractivity contribution in [3.8, 4) is 5.75 Å². The molecule has 2 aromatic rings. The molecule has 0 saturated carbocycles. The Hall–Kier alpha value is -2.34. The van der Waals surface area contributed by atoms with E-state index in [-0.39, 0.29) is 6.09 Å². The van der Waals surface area contributed by atoms with Crippen molar-refractivity contribution in [1.29, 1.82) is 0 Å². The van der Waals surface area contributed by atoms with Gasteiger partial charge in [-0.15, -0.1) is 0 Å². The van der Waals surface area contributed by atoms with E-state index in [1.165, 1.54) is 31.2 Å². The van der Waals surface area contributed by atoms with Gasteiger partial charge in [-0.1, -0.05) is 76.1 Å². The molecule has 2 aromatic carbocycles. The molecule has 6 heteroatoms. The first-order valence-corrected chi connectivity index (χ1v) is 15.5. The molecule has 1 amide bonds. The maximum absolute atomic E-state index is 12.6. The van der Waals surface area contributed by atoms with E-state index in [0.717, 1.165) is 73.3 Å². The van der Waals surface area contributed by atoms with Gasteiger partial charge in [-0.3, -0.25) is 9.53 Å². The summed E-state index contributed by atoms with van der Waals surface area (Å²) in [5.74, 6) is 1.42. The van der Waals surface area contributed by atoms with Crippen LogP contribution in [0.1, 0.15) is 102 Å². The molecule has 1 unspecified atom stereocenters. The minimum atomic E-state index is -0.993. The van der Waals surface area contributed by atoms with Crippen molar-refractivity contribution in [3.05, 3.63) is 53.6 Å². The summed E-state index contributed by atoms with van der Waals surface area (Å²) < 4.78 is 25.1. The predicted octanol–water partition coefficient (Wildman–Crippen LogP) is 8.66. The summed E-state index contributed by atoms with van der Waals surface area (Å²) in [6, 6.07) is 13.8. The molecule has 0 fully saturated rings. The number of ether oxygens (including phenoxy) is 2. The van der Waals surface area contributed by atoms with E-state index in [4.69, 9.17) is 9.47 Å². The van der Waals surface area contributed by atoms with Gasteiger partial charge in [-0.2, -0.15) is 0 Å². The smallest absolute Gasteiger partial charge is 0.412 e. The number of cyclic esters (lactones) is 1. The molecule has 1 N–H and O–H groups in total. The number of aryl methyl sites for hydroxylation is 1. The van der Waals surface area contributed by atoms with Crippen molar-refractivity contribution >= 4 is 22.6 Å². The molecule has 0 aromatic heterocycles. The maximum Gasteiger partial charge on any atom is 0.412 e. The second-order valence-electron chi connectivity index (χ2n) is 10.2. The topological polar surface area (TPSA) is 64.6 Å². The second-order valence-corrected chi connectivity index (χ2v) is 11.8. The first kappa shape index (κ1) is 29.2. The Morgan fingerprint density at radius 3 is 2.19 bits per heavy atom. The van der Waals surface area contributed by atoms with E-state index < -0.39 is 16.4 Å². The Labute approximate surface area is 226 Å². The van der Waals surface area contributed by atoms with Crippen LogP contribution in [-0.4, -0.2) is 22.7 Å². The average Bonchev–Trinajstić information content (AvgIpc) is 2.89. The number of fused-ring (bicyclic) bond motifs is 1. The fraction of sp³-hybridized carbons (Fsp3) is 0.581. The molecule has 0 saturated heterocycles. The van der Waals surface area contributed by atoms with E-state index in [1.807, 2.05) is 49.4 Å². The molecule has 0 radical (unpaired) electrons. The molecule has 37 heavy (non-hydrogen) atoms. The van der Waals surface area contributed by atoms with E-state index in [0.29, 0.717) is 12.4 Å². The standard InChI is InChI=1S/C31H45NO4S/c1-4-6-8-10-21-31(22-11-9-7-5-2)29-27(32-30(33)36-31)15-14-16-28(29)35-23-12-13-24-37(34)26-19-17-25(3)18-20-26/h14-20H,4-13,21-24H2,1-3H3,(H,32,33). The predicted molar refractivity (Wildman–Crippen MR) is 153 cm³/mol. The van der Waals surface area contributed by atoms with Crippen LogP contribution in [0.3, 0.4) is 0 Å². The summed E-state index contributed by atoms with van der Waals surface area (Å²) in [5, 5.41) is 2.92. The van der Waals surface area contributed by atoms with Gasteiger partial charge in [-0.25, -0.2) is 4.79 Å². The van der Waals surface area contributed by atoms with Crippen LogP contribution in [0.2, 0.25) is 0 Å². The quantitative estimate of drug-likeness (QED) is 0.209. The fourth-order valence-corrected chi connectivity index (χ4v) is 6.21. The number of anilines is 1. The lowest BCUT2D eigenvalue weighted by Gasteiger charge is -2.40. The lowest BCUT2D eigenvalue weighted by atomic mass is 9.81. The number of hydrogen-bond acceptors (Lipinski definition) is 4. The Bertz CT molecular complexity index is 993. The Kier molecular flexibility index (Phi) is 12.0. The zero-order chi connectivity index (χ0) is 26.5. The van der Waals surface area contributed by atoms with Gasteiger partial charge >= 0.3 is 6.09 Å². The highest BCUT2D eigenvalue weighted by molar-refractivity contribution is 7.85. The van der Waals surface area contributed by atoms with Crippen LogP contribution in [0.25, 0.3) is 0 Å². The number of amides is 1. The van der Waals surface area contributed by atoms with Crippen molar-refractivity contribution in [3.63, 3.8) is 0 Å². The van der Waals surface area contributed by atoms with Crippen molar-refractivity contribution in [2.75, 3.05) is 17.7 Å². The van der Waals surface area contributed by atoms with Crippen LogP contribution in [0, 0.1) is 6.92 Å². The van der Waals surface area contributed by atoms with Crippen LogP contribution in [-0.2, 0) is 21.1 Å². The molecule has 1 atom stereocenters. The van der Waals surface area contributed by atoms with Crippen LogP contribution in [0.15, 0.2) is 47.4 Å². The molecule has 1 aliphatic heterocycles. The number of rotatable bonds is 17. The Morgan fingerprint density at radius 2 is 1.54 bits per heavy atom. The minimum absolute atomic E-state index is 0.366.